The average Bonchev–Trinajstić information content (AvgIpc) is 3.46. The van der Waals surface area contributed by atoms with Crippen LogP contribution in [-0.2, 0) is 0 Å². The molecule has 0 radical (unpaired) electrons. The van der Waals surface area contributed by atoms with Crippen molar-refractivity contribution in [2.45, 2.75) is 19.0 Å². The zero-order chi connectivity index (χ0) is 22.8. The van der Waals surface area contributed by atoms with Crippen molar-refractivity contribution >= 4 is 38.9 Å². The highest BCUT2D eigenvalue weighted by molar-refractivity contribution is 9.10. The summed E-state index contributed by atoms with van der Waals surface area (Å²) in [5, 5.41) is 4.09. The van der Waals surface area contributed by atoms with Crippen LogP contribution in [0.4, 0.5) is 5.69 Å². The van der Waals surface area contributed by atoms with E-state index in [9.17, 15) is 0 Å². The number of furan rings is 1. The third-order valence-electron chi connectivity index (χ3n) is 5.57. The standard InChI is InChI=1S/C26H22BrN3O2S/c1-2-31-20-12-10-19(11-13-20)30-25(24(29-26(30)33)21-5-3-4-16-28-21)23-15-14-22(32-23)17-6-8-18(27)9-7-17/h3-16,24-25H,2H2,1H3,(H,29,33)/t24-,25-/m0/s1. The lowest BCUT2D eigenvalue weighted by Crippen LogP contribution is -2.29. The Balaban J connectivity index is 1.55. The summed E-state index contributed by atoms with van der Waals surface area (Å²) >= 11 is 9.27. The molecule has 1 saturated heterocycles. The van der Waals surface area contributed by atoms with Crippen LogP contribution in [-0.4, -0.2) is 16.7 Å². The third kappa shape index (κ3) is 4.38. The van der Waals surface area contributed by atoms with Gasteiger partial charge in [0.25, 0.3) is 0 Å². The summed E-state index contributed by atoms with van der Waals surface area (Å²) in [4.78, 5) is 6.69. The lowest BCUT2D eigenvalue weighted by molar-refractivity contribution is 0.340. The molecule has 166 valence electrons. The highest BCUT2D eigenvalue weighted by Gasteiger charge is 2.42. The number of nitrogens with zero attached hydrogens (tertiary/aromatic N) is 2. The summed E-state index contributed by atoms with van der Waals surface area (Å²) in [7, 11) is 0. The van der Waals surface area contributed by atoms with Gasteiger partial charge < -0.3 is 19.4 Å². The Hall–Kier alpha value is -3.16. The number of ether oxygens (including phenoxy) is 1. The van der Waals surface area contributed by atoms with Crippen LogP contribution in [0.2, 0.25) is 0 Å². The molecule has 5 nitrogen and oxygen atoms in total. The first-order chi connectivity index (χ1) is 16.1. The largest absolute Gasteiger partial charge is 0.494 e. The molecule has 1 aliphatic rings. The van der Waals surface area contributed by atoms with Gasteiger partial charge in [0.15, 0.2) is 5.11 Å². The highest BCUT2D eigenvalue weighted by atomic mass is 79.9. The molecule has 2 aromatic carbocycles. The predicted molar refractivity (Wildman–Crippen MR) is 137 cm³/mol. The maximum absolute atomic E-state index is 6.40. The van der Waals surface area contributed by atoms with Crippen LogP contribution in [0.3, 0.4) is 0 Å². The van der Waals surface area contributed by atoms with Crippen molar-refractivity contribution in [2.75, 3.05) is 11.5 Å². The molecule has 0 aliphatic carbocycles. The molecule has 0 unspecified atom stereocenters. The zero-order valence-corrected chi connectivity index (χ0v) is 20.3. The number of halogens is 1. The lowest BCUT2D eigenvalue weighted by Gasteiger charge is -2.26. The molecule has 5 rings (SSSR count). The molecule has 0 saturated carbocycles. The van der Waals surface area contributed by atoms with Crippen molar-refractivity contribution in [2.24, 2.45) is 0 Å². The van der Waals surface area contributed by atoms with Crippen molar-refractivity contribution in [1.29, 1.82) is 0 Å². The fourth-order valence-electron chi connectivity index (χ4n) is 4.07. The van der Waals surface area contributed by atoms with Gasteiger partial charge in [-0.1, -0.05) is 34.1 Å². The van der Waals surface area contributed by atoms with Gasteiger partial charge >= 0.3 is 0 Å². The van der Waals surface area contributed by atoms with Crippen molar-refractivity contribution in [1.82, 2.24) is 10.3 Å². The van der Waals surface area contributed by atoms with Crippen LogP contribution in [0.25, 0.3) is 11.3 Å². The molecule has 1 fully saturated rings. The second-order valence-electron chi connectivity index (χ2n) is 7.63. The van der Waals surface area contributed by atoms with Gasteiger partial charge in [-0.05, 0) is 79.8 Å². The Morgan fingerprint density at radius 2 is 1.82 bits per heavy atom. The Morgan fingerprint density at radius 3 is 2.52 bits per heavy atom. The molecule has 0 spiro atoms. The highest BCUT2D eigenvalue weighted by Crippen LogP contribution is 2.43. The fraction of sp³-hybridized carbons (Fsp3) is 0.154. The van der Waals surface area contributed by atoms with Crippen LogP contribution in [0.15, 0.2) is 93.9 Å². The van der Waals surface area contributed by atoms with Crippen LogP contribution in [0, 0.1) is 0 Å². The Kier molecular flexibility index (Phi) is 6.15. The van der Waals surface area contributed by atoms with Crippen molar-refractivity contribution in [3.05, 3.63) is 101 Å². The Labute approximate surface area is 206 Å². The minimum absolute atomic E-state index is 0.158. The molecule has 3 heterocycles. The molecule has 0 amide bonds. The van der Waals surface area contributed by atoms with E-state index in [1.54, 1.807) is 6.20 Å². The summed E-state index contributed by atoms with van der Waals surface area (Å²) in [5.41, 5.74) is 2.88. The molecule has 2 aromatic heterocycles. The van der Waals surface area contributed by atoms with Gasteiger partial charge in [-0.15, -0.1) is 0 Å². The number of rotatable bonds is 6. The number of pyridine rings is 1. The monoisotopic (exact) mass is 519 g/mol. The first-order valence-electron chi connectivity index (χ1n) is 10.7. The summed E-state index contributed by atoms with van der Waals surface area (Å²) in [6, 6.07) is 25.6. The fourth-order valence-corrected chi connectivity index (χ4v) is 4.68. The number of aromatic nitrogens is 1. The molecule has 4 aromatic rings. The van der Waals surface area contributed by atoms with Crippen LogP contribution >= 0.6 is 28.1 Å². The zero-order valence-electron chi connectivity index (χ0n) is 17.9. The summed E-state index contributed by atoms with van der Waals surface area (Å²) < 4.78 is 13.0. The molecule has 1 N–H and O–H groups in total. The van der Waals surface area contributed by atoms with Gasteiger partial charge in [-0.25, -0.2) is 0 Å². The van der Waals surface area contributed by atoms with E-state index in [1.165, 1.54) is 0 Å². The number of benzene rings is 2. The number of hydrogen-bond acceptors (Lipinski definition) is 4. The maximum Gasteiger partial charge on any atom is 0.174 e. The molecule has 0 bridgehead atoms. The van der Waals surface area contributed by atoms with Gasteiger partial charge in [-0.2, -0.15) is 0 Å². The molecule has 1 aliphatic heterocycles. The van der Waals surface area contributed by atoms with Crippen LogP contribution in [0.5, 0.6) is 5.75 Å². The van der Waals surface area contributed by atoms with Gasteiger partial charge in [0.1, 0.15) is 23.3 Å². The van der Waals surface area contributed by atoms with E-state index >= 15 is 0 Å². The van der Waals surface area contributed by atoms with E-state index in [1.807, 2.05) is 85.8 Å². The number of thiocarbonyl (C=S) groups is 1. The molecular weight excluding hydrogens is 498 g/mol. The van der Waals surface area contributed by atoms with Crippen LogP contribution < -0.4 is 15.0 Å². The summed E-state index contributed by atoms with van der Waals surface area (Å²) in [5.74, 6) is 2.44. The van der Waals surface area contributed by atoms with E-state index in [0.29, 0.717) is 11.7 Å². The van der Waals surface area contributed by atoms with E-state index in [0.717, 1.165) is 38.7 Å². The smallest absolute Gasteiger partial charge is 0.174 e. The molecular formula is C26H22BrN3O2S. The third-order valence-corrected chi connectivity index (χ3v) is 6.41. The normalized spacial score (nSPS) is 17.8. The second-order valence-corrected chi connectivity index (χ2v) is 8.93. The van der Waals surface area contributed by atoms with Crippen molar-refractivity contribution in [3.63, 3.8) is 0 Å². The molecule has 33 heavy (non-hydrogen) atoms. The van der Waals surface area contributed by atoms with Gasteiger partial charge in [0.2, 0.25) is 0 Å². The van der Waals surface area contributed by atoms with E-state index in [2.05, 4.69) is 31.1 Å². The number of hydrogen-bond donors (Lipinski definition) is 1. The van der Waals surface area contributed by atoms with E-state index < -0.39 is 0 Å². The quantitative estimate of drug-likeness (QED) is 0.286. The summed E-state index contributed by atoms with van der Waals surface area (Å²) in [6.45, 7) is 2.60. The van der Waals surface area contributed by atoms with Gasteiger partial charge in [-0.3, -0.25) is 4.98 Å². The Morgan fingerprint density at radius 1 is 1.03 bits per heavy atom. The van der Waals surface area contributed by atoms with Gasteiger partial charge in [0.05, 0.1) is 18.3 Å². The first kappa shape index (κ1) is 21.7. The lowest BCUT2D eigenvalue weighted by atomic mass is 10.0. The topological polar surface area (TPSA) is 50.5 Å². The van der Waals surface area contributed by atoms with Crippen molar-refractivity contribution < 1.29 is 9.15 Å². The van der Waals surface area contributed by atoms with E-state index in [4.69, 9.17) is 21.4 Å². The van der Waals surface area contributed by atoms with Crippen LogP contribution in [0.1, 0.15) is 30.5 Å². The number of anilines is 1. The minimum atomic E-state index is -0.199. The first-order valence-corrected chi connectivity index (χ1v) is 11.9. The minimum Gasteiger partial charge on any atom is -0.494 e. The Bertz CT molecular complexity index is 1240. The predicted octanol–water partition coefficient (Wildman–Crippen LogP) is 6.68. The average molecular weight is 520 g/mol. The van der Waals surface area contributed by atoms with E-state index in [-0.39, 0.29) is 12.1 Å². The van der Waals surface area contributed by atoms with Gasteiger partial charge in [0, 0.05) is 21.9 Å². The molecule has 7 heteroatoms. The number of nitrogens with one attached hydrogen (secondary N) is 1. The molecule has 2 atom stereocenters. The second kappa shape index (κ2) is 9.37. The SMILES string of the molecule is CCOc1ccc(N2C(=S)N[C@@H](c3ccccn3)[C@@H]2c2ccc(-c3ccc(Br)cc3)o2)cc1. The summed E-state index contributed by atoms with van der Waals surface area (Å²) in [6.07, 6.45) is 1.80. The van der Waals surface area contributed by atoms with Crippen molar-refractivity contribution in [3.8, 4) is 17.1 Å². The maximum atomic E-state index is 6.40.